The first-order valence-corrected chi connectivity index (χ1v) is 8.63. The van der Waals surface area contributed by atoms with E-state index in [9.17, 15) is 9.18 Å². The number of rotatable bonds is 5. The van der Waals surface area contributed by atoms with Crippen molar-refractivity contribution in [3.05, 3.63) is 47.7 Å². The van der Waals surface area contributed by atoms with Crippen LogP contribution in [0.2, 0.25) is 0 Å². The van der Waals surface area contributed by atoms with E-state index in [1.165, 1.54) is 6.07 Å². The predicted octanol–water partition coefficient (Wildman–Crippen LogP) is 2.59. The molecule has 138 valence electrons. The van der Waals surface area contributed by atoms with Crippen molar-refractivity contribution >= 4 is 5.91 Å². The Morgan fingerprint density at radius 1 is 1.35 bits per heavy atom. The monoisotopic (exact) mass is 358 g/mol. The van der Waals surface area contributed by atoms with Gasteiger partial charge in [0.25, 0.3) is 0 Å². The fourth-order valence-electron chi connectivity index (χ4n) is 3.00. The van der Waals surface area contributed by atoms with Crippen molar-refractivity contribution in [1.29, 1.82) is 0 Å². The highest BCUT2D eigenvalue weighted by molar-refractivity contribution is 5.78. The summed E-state index contributed by atoms with van der Waals surface area (Å²) in [5.41, 5.74) is 0.749. The minimum Gasteiger partial charge on any atom is -0.436 e. The van der Waals surface area contributed by atoms with Crippen molar-refractivity contribution in [2.75, 3.05) is 33.7 Å². The molecule has 1 aromatic heterocycles. The fourth-order valence-corrected chi connectivity index (χ4v) is 3.00. The van der Waals surface area contributed by atoms with Crippen LogP contribution in [0.5, 0.6) is 11.6 Å². The summed E-state index contributed by atoms with van der Waals surface area (Å²) < 4.78 is 19.4. The second-order valence-corrected chi connectivity index (χ2v) is 6.80. The molecule has 0 aliphatic carbocycles. The van der Waals surface area contributed by atoms with Gasteiger partial charge in [-0.05, 0) is 39.6 Å². The van der Waals surface area contributed by atoms with Crippen molar-refractivity contribution in [3.63, 3.8) is 0 Å². The Morgan fingerprint density at radius 2 is 2.12 bits per heavy atom. The van der Waals surface area contributed by atoms with Crippen LogP contribution in [0, 0.1) is 12.7 Å². The Bertz CT molecular complexity index is 797. The van der Waals surface area contributed by atoms with Gasteiger partial charge in [0, 0.05) is 30.8 Å². The topological polar surface area (TPSA) is 58.6 Å². The van der Waals surface area contributed by atoms with Crippen LogP contribution < -0.4 is 4.74 Å². The molecule has 1 atom stereocenters. The number of aryl methyl sites for hydroxylation is 1. The Balaban J connectivity index is 1.74. The number of likely N-dealkylation sites (N-methyl/N-ethyl adjacent to an activating group) is 1. The first-order chi connectivity index (χ1) is 12.4. The average Bonchev–Trinajstić information content (AvgIpc) is 3.06. The van der Waals surface area contributed by atoms with Crippen molar-refractivity contribution < 1.29 is 13.9 Å². The molecule has 6 nitrogen and oxygen atoms in total. The molecule has 1 saturated heterocycles. The van der Waals surface area contributed by atoms with Crippen LogP contribution in [0.3, 0.4) is 0 Å². The normalized spacial score (nSPS) is 17.0. The fraction of sp³-hybridized carbons (Fsp3) is 0.421. The number of benzene rings is 1. The third kappa shape index (κ3) is 4.35. The summed E-state index contributed by atoms with van der Waals surface area (Å²) >= 11 is 0. The van der Waals surface area contributed by atoms with Gasteiger partial charge >= 0.3 is 0 Å². The van der Waals surface area contributed by atoms with E-state index in [1.807, 2.05) is 30.8 Å². The molecule has 1 aromatic carbocycles. The number of amides is 1. The molecule has 0 radical (unpaired) electrons. The predicted molar refractivity (Wildman–Crippen MR) is 95.7 cm³/mol. The van der Waals surface area contributed by atoms with E-state index in [0.717, 1.165) is 12.1 Å². The van der Waals surface area contributed by atoms with E-state index in [4.69, 9.17) is 4.74 Å². The number of carbonyl (C=O) groups is 1. The van der Waals surface area contributed by atoms with Crippen LogP contribution in [0.15, 0.2) is 30.3 Å². The summed E-state index contributed by atoms with van der Waals surface area (Å²) in [6, 6.07) is 7.90. The lowest BCUT2D eigenvalue weighted by atomic mass is 10.1. The van der Waals surface area contributed by atoms with Gasteiger partial charge in [0.05, 0.1) is 6.54 Å². The minimum atomic E-state index is -0.438. The smallest absolute Gasteiger partial charge is 0.236 e. The van der Waals surface area contributed by atoms with Crippen LogP contribution in [0.1, 0.15) is 23.9 Å². The first-order valence-electron chi connectivity index (χ1n) is 8.63. The lowest BCUT2D eigenvalue weighted by Gasteiger charge is -2.19. The molecular formula is C19H23FN4O2. The SMILES string of the molecule is Cc1cc(Oc2ccccc2F)nc([C@@H]2CCN(C(=O)CN(C)C)C2)n1. The van der Waals surface area contributed by atoms with E-state index in [-0.39, 0.29) is 17.6 Å². The second-order valence-electron chi connectivity index (χ2n) is 6.80. The molecule has 0 saturated carbocycles. The van der Waals surface area contributed by atoms with Gasteiger partial charge in [-0.1, -0.05) is 12.1 Å². The number of likely N-dealkylation sites (tertiary alicyclic amines) is 1. The number of aromatic nitrogens is 2. The van der Waals surface area contributed by atoms with E-state index in [2.05, 4.69) is 9.97 Å². The van der Waals surface area contributed by atoms with Gasteiger partial charge in [-0.25, -0.2) is 9.37 Å². The quantitative estimate of drug-likeness (QED) is 0.822. The number of hydrogen-bond acceptors (Lipinski definition) is 5. The summed E-state index contributed by atoms with van der Waals surface area (Å²) in [5.74, 6) is 0.807. The maximum absolute atomic E-state index is 13.8. The van der Waals surface area contributed by atoms with E-state index in [1.54, 1.807) is 24.3 Å². The Labute approximate surface area is 152 Å². The molecule has 1 fully saturated rings. The number of para-hydroxylation sites is 1. The van der Waals surface area contributed by atoms with Crippen LogP contribution in [0.4, 0.5) is 4.39 Å². The number of halogens is 1. The van der Waals surface area contributed by atoms with Crippen molar-refractivity contribution in [2.24, 2.45) is 0 Å². The van der Waals surface area contributed by atoms with Gasteiger partial charge in [0.1, 0.15) is 5.82 Å². The maximum Gasteiger partial charge on any atom is 0.236 e. The van der Waals surface area contributed by atoms with E-state index >= 15 is 0 Å². The van der Waals surface area contributed by atoms with Crippen LogP contribution in [-0.4, -0.2) is 59.4 Å². The first kappa shape index (κ1) is 18.3. The molecule has 0 unspecified atom stereocenters. The van der Waals surface area contributed by atoms with Crippen molar-refractivity contribution in [2.45, 2.75) is 19.3 Å². The Morgan fingerprint density at radius 3 is 2.85 bits per heavy atom. The van der Waals surface area contributed by atoms with Gasteiger partial charge < -0.3 is 14.5 Å². The highest BCUT2D eigenvalue weighted by Crippen LogP contribution is 2.28. The summed E-state index contributed by atoms with van der Waals surface area (Å²) in [5, 5.41) is 0. The molecule has 1 aliphatic heterocycles. The second kappa shape index (κ2) is 7.78. The molecule has 1 aliphatic rings. The number of carbonyl (C=O) groups excluding carboxylic acids is 1. The van der Waals surface area contributed by atoms with Crippen LogP contribution in [0.25, 0.3) is 0 Å². The van der Waals surface area contributed by atoms with Gasteiger partial charge in [-0.2, -0.15) is 4.98 Å². The molecule has 7 heteroatoms. The third-order valence-corrected chi connectivity index (χ3v) is 4.26. The minimum absolute atomic E-state index is 0.0592. The standard InChI is InChI=1S/C19H23FN4O2/c1-13-10-17(26-16-7-5-4-6-15(16)20)22-19(21-13)14-8-9-24(11-14)18(25)12-23(2)3/h4-7,10,14H,8-9,11-12H2,1-3H3/t14-/m1/s1. The molecule has 0 spiro atoms. The molecule has 0 bridgehead atoms. The Hall–Kier alpha value is -2.54. The van der Waals surface area contributed by atoms with Gasteiger partial charge in [-0.3, -0.25) is 4.79 Å². The molecule has 26 heavy (non-hydrogen) atoms. The molecule has 2 heterocycles. The summed E-state index contributed by atoms with van der Waals surface area (Å²) in [4.78, 5) is 24.9. The number of ether oxygens (including phenoxy) is 1. The summed E-state index contributed by atoms with van der Waals surface area (Å²) in [6.45, 7) is 3.53. The summed E-state index contributed by atoms with van der Waals surface area (Å²) in [6.07, 6.45) is 0.807. The lowest BCUT2D eigenvalue weighted by Crippen LogP contribution is -2.36. The molecule has 1 amide bonds. The van der Waals surface area contributed by atoms with Crippen LogP contribution in [-0.2, 0) is 4.79 Å². The van der Waals surface area contributed by atoms with Gasteiger partial charge in [0.15, 0.2) is 11.6 Å². The molecule has 2 aromatic rings. The van der Waals surface area contributed by atoms with Crippen LogP contribution >= 0.6 is 0 Å². The summed E-state index contributed by atoms with van der Waals surface area (Å²) in [7, 11) is 3.75. The Kier molecular flexibility index (Phi) is 5.46. The highest BCUT2D eigenvalue weighted by atomic mass is 19.1. The van der Waals surface area contributed by atoms with Gasteiger partial charge in [-0.15, -0.1) is 0 Å². The zero-order valence-electron chi connectivity index (χ0n) is 15.3. The number of hydrogen-bond donors (Lipinski definition) is 0. The van der Waals surface area contributed by atoms with Gasteiger partial charge in [0.2, 0.25) is 11.8 Å². The van der Waals surface area contributed by atoms with E-state index in [0.29, 0.717) is 31.3 Å². The zero-order chi connectivity index (χ0) is 18.7. The third-order valence-electron chi connectivity index (χ3n) is 4.26. The molecule has 0 N–H and O–H groups in total. The highest BCUT2D eigenvalue weighted by Gasteiger charge is 2.29. The average molecular weight is 358 g/mol. The number of nitrogens with zero attached hydrogens (tertiary/aromatic N) is 4. The largest absolute Gasteiger partial charge is 0.436 e. The van der Waals surface area contributed by atoms with Crippen molar-refractivity contribution in [3.8, 4) is 11.6 Å². The molecular weight excluding hydrogens is 335 g/mol. The lowest BCUT2D eigenvalue weighted by molar-refractivity contribution is -0.130. The molecule has 3 rings (SSSR count). The maximum atomic E-state index is 13.8. The zero-order valence-corrected chi connectivity index (χ0v) is 15.3. The van der Waals surface area contributed by atoms with Crippen molar-refractivity contribution in [1.82, 2.24) is 19.8 Å². The van der Waals surface area contributed by atoms with E-state index < -0.39 is 5.82 Å².